The summed E-state index contributed by atoms with van der Waals surface area (Å²) in [4.78, 5) is 18.7. The monoisotopic (exact) mass is 249 g/mol. The molecule has 17 heavy (non-hydrogen) atoms. The summed E-state index contributed by atoms with van der Waals surface area (Å²) in [5.41, 5.74) is 5.50. The van der Waals surface area contributed by atoms with E-state index in [1.165, 1.54) is 12.3 Å². The molecule has 86 valence electrons. The van der Waals surface area contributed by atoms with Crippen molar-refractivity contribution >= 4 is 17.5 Å². The molecule has 0 atom stereocenters. The summed E-state index contributed by atoms with van der Waals surface area (Å²) in [5.74, 6) is 0.00854. The van der Waals surface area contributed by atoms with Gasteiger partial charge in [0.1, 0.15) is 5.75 Å². The second-order valence-electron chi connectivity index (χ2n) is 3.13. The molecule has 0 aliphatic heterocycles. The number of halogens is 1. The van der Waals surface area contributed by atoms with Gasteiger partial charge in [0.25, 0.3) is 5.91 Å². The first-order valence-electron chi connectivity index (χ1n) is 4.72. The fourth-order valence-electron chi connectivity index (χ4n) is 1.25. The van der Waals surface area contributed by atoms with Crippen LogP contribution in [0.2, 0.25) is 5.28 Å². The molecule has 0 spiro atoms. The predicted octanol–water partition coefficient (Wildman–Crippen LogP) is 2.02. The lowest BCUT2D eigenvalue weighted by atomic mass is 10.2. The van der Waals surface area contributed by atoms with Gasteiger partial charge in [0.2, 0.25) is 11.2 Å². The first-order chi connectivity index (χ1) is 8.16. The minimum Gasteiger partial charge on any atom is -0.438 e. The van der Waals surface area contributed by atoms with Crippen molar-refractivity contribution in [2.75, 3.05) is 0 Å². The van der Waals surface area contributed by atoms with E-state index >= 15 is 0 Å². The molecule has 2 rings (SSSR count). The average Bonchev–Trinajstić information content (AvgIpc) is 2.29. The highest BCUT2D eigenvalue weighted by Gasteiger charge is 2.09. The zero-order chi connectivity index (χ0) is 12.3. The van der Waals surface area contributed by atoms with Gasteiger partial charge in [0, 0.05) is 12.3 Å². The lowest BCUT2D eigenvalue weighted by Crippen LogP contribution is -2.12. The SMILES string of the molecule is NC(=O)c1ccccc1Oc1ccnc(Cl)n1. The maximum Gasteiger partial charge on any atom is 0.252 e. The summed E-state index contributed by atoms with van der Waals surface area (Å²) in [6.07, 6.45) is 1.46. The molecule has 2 aromatic rings. The zero-order valence-corrected chi connectivity index (χ0v) is 9.39. The quantitative estimate of drug-likeness (QED) is 0.844. The number of primary amides is 1. The molecule has 0 saturated carbocycles. The number of carbonyl (C=O) groups is 1. The van der Waals surface area contributed by atoms with Crippen LogP contribution in [0.15, 0.2) is 36.5 Å². The zero-order valence-electron chi connectivity index (χ0n) is 8.63. The third-order valence-corrected chi connectivity index (χ3v) is 2.15. The minimum absolute atomic E-state index is 0.0686. The molecule has 1 heterocycles. The van der Waals surface area contributed by atoms with E-state index in [1.54, 1.807) is 24.3 Å². The Labute approximate surface area is 102 Å². The second kappa shape index (κ2) is 4.80. The summed E-state index contributed by atoms with van der Waals surface area (Å²) in [7, 11) is 0. The van der Waals surface area contributed by atoms with Crippen molar-refractivity contribution in [1.82, 2.24) is 9.97 Å². The molecule has 6 heteroatoms. The van der Waals surface area contributed by atoms with Crippen LogP contribution in [-0.2, 0) is 0 Å². The number of hydrogen-bond donors (Lipinski definition) is 1. The Morgan fingerprint density at radius 1 is 1.29 bits per heavy atom. The van der Waals surface area contributed by atoms with Crippen molar-refractivity contribution in [2.24, 2.45) is 5.73 Å². The molecule has 0 saturated heterocycles. The molecule has 0 bridgehead atoms. The Morgan fingerprint density at radius 2 is 2.06 bits per heavy atom. The Balaban J connectivity index is 2.33. The standard InChI is InChI=1S/C11H8ClN3O2/c12-11-14-6-5-9(15-11)17-8-4-2-1-3-7(8)10(13)16/h1-6H,(H2,13,16). The Morgan fingerprint density at radius 3 is 2.76 bits per heavy atom. The lowest BCUT2D eigenvalue weighted by Gasteiger charge is -2.07. The van der Waals surface area contributed by atoms with Gasteiger partial charge in [-0.15, -0.1) is 0 Å². The van der Waals surface area contributed by atoms with E-state index in [1.807, 2.05) is 0 Å². The van der Waals surface area contributed by atoms with Crippen LogP contribution in [0.1, 0.15) is 10.4 Å². The highest BCUT2D eigenvalue weighted by atomic mass is 35.5. The van der Waals surface area contributed by atoms with Crippen LogP contribution < -0.4 is 10.5 Å². The average molecular weight is 250 g/mol. The van der Waals surface area contributed by atoms with Crippen LogP contribution in [0.25, 0.3) is 0 Å². The van der Waals surface area contributed by atoms with Crippen molar-refractivity contribution in [1.29, 1.82) is 0 Å². The summed E-state index contributed by atoms with van der Waals surface area (Å²) in [6.45, 7) is 0. The van der Waals surface area contributed by atoms with E-state index in [2.05, 4.69) is 9.97 Å². The maximum atomic E-state index is 11.2. The van der Waals surface area contributed by atoms with Gasteiger partial charge < -0.3 is 10.5 Å². The Hall–Kier alpha value is -2.14. The van der Waals surface area contributed by atoms with Crippen molar-refractivity contribution in [3.05, 3.63) is 47.4 Å². The molecular formula is C11H8ClN3O2. The third kappa shape index (κ3) is 2.70. The van der Waals surface area contributed by atoms with Crippen LogP contribution in [0.5, 0.6) is 11.6 Å². The van der Waals surface area contributed by atoms with Crippen molar-refractivity contribution in [3.63, 3.8) is 0 Å². The second-order valence-corrected chi connectivity index (χ2v) is 3.46. The summed E-state index contributed by atoms with van der Waals surface area (Å²) >= 11 is 5.62. The van der Waals surface area contributed by atoms with Crippen molar-refractivity contribution in [3.8, 4) is 11.6 Å². The van der Waals surface area contributed by atoms with Gasteiger partial charge in [-0.05, 0) is 23.7 Å². The Bertz CT molecular complexity index is 560. The number of carbonyl (C=O) groups excluding carboxylic acids is 1. The van der Waals surface area contributed by atoms with Crippen LogP contribution in [0, 0.1) is 0 Å². The fraction of sp³-hybridized carbons (Fsp3) is 0. The van der Waals surface area contributed by atoms with Crippen molar-refractivity contribution in [2.45, 2.75) is 0 Å². The van der Waals surface area contributed by atoms with E-state index < -0.39 is 5.91 Å². The first kappa shape index (κ1) is 11.3. The van der Waals surface area contributed by atoms with Crippen molar-refractivity contribution < 1.29 is 9.53 Å². The van der Waals surface area contributed by atoms with Gasteiger partial charge in [-0.2, -0.15) is 4.98 Å². The number of ether oxygens (including phenoxy) is 1. The number of aromatic nitrogens is 2. The molecule has 2 N–H and O–H groups in total. The van der Waals surface area contributed by atoms with Gasteiger partial charge in [-0.25, -0.2) is 4.98 Å². The highest BCUT2D eigenvalue weighted by Crippen LogP contribution is 2.23. The minimum atomic E-state index is -0.569. The van der Waals surface area contributed by atoms with Gasteiger partial charge >= 0.3 is 0 Å². The number of para-hydroxylation sites is 1. The molecule has 5 nitrogen and oxygen atoms in total. The largest absolute Gasteiger partial charge is 0.438 e. The molecular weight excluding hydrogens is 242 g/mol. The number of hydrogen-bond acceptors (Lipinski definition) is 4. The molecule has 1 aromatic heterocycles. The summed E-state index contributed by atoms with van der Waals surface area (Å²) < 4.78 is 5.42. The number of amides is 1. The number of benzene rings is 1. The molecule has 0 unspecified atom stereocenters. The fourth-order valence-corrected chi connectivity index (χ4v) is 1.39. The van der Waals surface area contributed by atoms with Gasteiger partial charge in [-0.3, -0.25) is 4.79 Å². The molecule has 0 aliphatic rings. The van der Waals surface area contributed by atoms with E-state index in [9.17, 15) is 4.79 Å². The van der Waals surface area contributed by atoms with E-state index in [0.717, 1.165) is 0 Å². The predicted molar refractivity (Wildman–Crippen MR) is 62.1 cm³/mol. The lowest BCUT2D eigenvalue weighted by molar-refractivity contribution is 0.0998. The van der Waals surface area contributed by atoms with Crippen LogP contribution in [0.3, 0.4) is 0 Å². The van der Waals surface area contributed by atoms with E-state index in [0.29, 0.717) is 5.75 Å². The van der Waals surface area contributed by atoms with Crippen LogP contribution in [0.4, 0.5) is 0 Å². The normalized spacial score (nSPS) is 9.94. The van der Waals surface area contributed by atoms with E-state index in [4.69, 9.17) is 22.1 Å². The smallest absolute Gasteiger partial charge is 0.252 e. The van der Waals surface area contributed by atoms with Crippen LogP contribution >= 0.6 is 11.6 Å². The number of rotatable bonds is 3. The molecule has 0 aliphatic carbocycles. The number of nitrogens with zero attached hydrogens (tertiary/aromatic N) is 2. The maximum absolute atomic E-state index is 11.2. The van der Waals surface area contributed by atoms with Gasteiger partial charge in [0.15, 0.2) is 0 Å². The molecule has 0 fully saturated rings. The summed E-state index contributed by atoms with van der Waals surface area (Å²) in [6, 6.07) is 8.14. The molecule has 1 aromatic carbocycles. The highest BCUT2D eigenvalue weighted by molar-refractivity contribution is 6.28. The van der Waals surface area contributed by atoms with Gasteiger partial charge in [-0.1, -0.05) is 12.1 Å². The number of nitrogens with two attached hydrogens (primary N) is 1. The molecule has 0 radical (unpaired) electrons. The van der Waals surface area contributed by atoms with Gasteiger partial charge in [0.05, 0.1) is 5.56 Å². The third-order valence-electron chi connectivity index (χ3n) is 1.97. The first-order valence-corrected chi connectivity index (χ1v) is 5.10. The molecule has 1 amide bonds. The van der Waals surface area contributed by atoms with E-state index in [-0.39, 0.29) is 16.7 Å². The topological polar surface area (TPSA) is 78.1 Å². The Kier molecular flexibility index (Phi) is 3.20. The summed E-state index contributed by atoms with van der Waals surface area (Å²) in [5, 5.41) is 0.0686. The van der Waals surface area contributed by atoms with Crippen LogP contribution in [-0.4, -0.2) is 15.9 Å².